The zero-order chi connectivity index (χ0) is 14.5. The normalized spacial score (nSPS) is 12.6. The molecule has 6 heteroatoms. The molecular formula is C14H13ClN2O3. The number of aryl methyl sites for hydroxylation is 1. The van der Waals surface area contributed by atoms with Crippen LogP contribution >= 0.6 is 11.6 Å². The molecule has 1 unspecified atom stereocenters. The fourth-order valence-electron chi connectivity index (χ4n) is 1.52. The van der Waals surface area contributed by atoms with Crippen LogP contribution in [0.2, 0.25) is 5.02 Å². The average molecular weight is 293 g/mol. The number of carbonyl (C=O) groups is 1. The number of ether oxygens (including phenoxy) is 1. The molecule has 0 aliphatic rings. The van der Waals surface area contributed by atoms with Crippen LogP contribution in [0.5, 0.6) is 0 Å². The number of carbonyl (C=O) groups excluding carboxylic acids is 1. The van der Waals surface area contributed by atoms with Crippen LogP contribution in [0.15, 0.2) is 34.9 Å². The van der Waals surface area contributed by atoms with Gasteiger partial charge >= 0.3 is 5.97 Å². The Hall–Kier alpha value is -2.14. The van der Waals surface area contributed by atoms with E-state index in [2.05, 4.69) is 10.1 Å². The molecule has 0 spiro atoms. The van der Waals surface area contributed by atoms with Gasteiger partial charge in [0.25, 0.3) is 5.89 Å². The van der Waals surface area contributed by atoms with Crippen LogP contribution in [0.4, 0.5) is 0 Å². The summed E-state index contributed by atoms with van der Waals surface area (Å²) in [4.78, 5) is 15.7. The van der Waals surface area contributed by atoms with E-state index in [4.69, 9.17) is 20.9 Å². The first-order chi connectivity index (χ1) is 9.54. The highest BCUT2D eigenvalue weighted by atomic mass is 35.5. The maximum absolute atomic E-state index is 11.7. The SMILES string of the molecule is Cc1noc(C(C)OC(=O)/C=C/c2cccc(Cl)c2)n1. The molecule has 1 aromatic carbocycles. The summed E-state index contributed by atoms with van der Waals surface area (Å²) in [6.45, 7) is 3.36. The Morgan fingerprint density at radius 2 is 2.30 bits per heavy atom. The molecule has 20 heavy (non-hydrogen) atoms. The van der Waals surface area contributed by atoms with Gasteiger partial charge < -0.3 is 9.26 Å². The van der Waals surface area contributed by atoms with Crippen molar-refractivity contribution in [1.29, 1.82) is 0 Å². The van der Waals surface area contributed by atoms with Crippen LogP contribution < -0.4 is 0 Å². The zero-order valence-electron chi connectivity index (χ0n) is 11.0. The molecule has 104 valence electrons. The van der Waals surface area contributed by atoms with Crippen molar-refractivity contribution in [2.45, 2.75) is 20.0 Å². The van der Waals surface area contributed by atoms with Crippen LogP contribution in [0.3, 0.4) is 0 Å². The summed E-state index contributed by atoms with van der Waals surface area (Å²) < 4.78 is 10.1. The van der Waals surface area contributed by atoms with Crippen LogP contribution in [0.1, 0.15) is 30.3 Å². The van der Waals surface area contributed by atoms with Crippen LogP contribution in [-0.2, 0) is 9.53 Å². The highest BCUT2D eigenvalue weighted by Crippen LogP contribution is 2.15. The van der Waals surface area contributed by atoms with E-state index < -0.39 is 12.1 Å². The molecule has 0 aliphatic heterocycles. The summed E-state index contributed by atoms with van der Waals surface area (Å²) in [7, 11) is 0. The quantitative estimate of drug-likeness (QED) is 0.638. The third-order valence-corrected chi connectivity index (χ3v) is 2.68. The predicted molar refractivity (Wildman–Crippen MR) is 74.0 cm³/mol. The van der Waals surface area contributed by atoms with Crippen molar-refractivity contribution in [2.24, 2.45) is 0 Å². The van der Waals surface area contributed by atoms with Gasteiger partial charge in [0.2, 0.25) is 0 Å². The lowest BCUT2D eigenvalue weighted by Gasteiger charge is -2.06. The van der Waals surface area contributed by atoms with Crippen molar-refractivity contribution in [1.82, 2.24) is 10.1 Å². The molecule has 0 bridgehead atoms. The fraction of sp³-hybridized carbons (Fsp3) is 0.214. The summed E-state index contributed by atoms with van der Waals surface area (Å²) >= 11 is 5.85. The highest BCUT2D eigenvalue weighted by Gasteiger charge is 2.16. The van der Waals surface area contributed by atoms with Crippen molar-refractivity contribution >= 4 is 23.6 Å². The van der Waals surface area contributed by atoms with Crippen LogP contribution in [0, 0.1) is 6.92 Å². The molecule has 0 radical (unpaired) electrons. The molecule has 0 saturated heterocycles. The summed E-state index contributed by atoms with van der Waals surface area (Å²) in [6.07, 6.45) is 2.36. The van der Waals surface area contributed by atoms with Gasteiger partial charge in [-0.05, 0) is 37.6 Å². The molecule has 1 aromatic heterocycles. The molecular weight excluding hydrogens is 280 g/mol. The Morgan fingerprint density at radius 3 is 2.95 bits per heavy atom. The number of hydrogen-bond acceptors (Lipinski definition) is 5. The monoisotopic (exact) mass is 292 g/mol. The smallest absolute Gasteiger partial charge is 0.331 e. The minimum atomic E-state index is -0.590. The fourth-order valence-corrected chi connectivity index (χ4v) is 1.72. The third-order valence-electron chi connectivity index (χ3n) is 2.44. The van der Waals surface area contributed by atoms with Crippen molar-refractivity contribution in [3.63, 3.8) is 0 Å². The van der Waals surface area contributed by atoms with E-state index in [-0.39, 0.29) is 5.89 Å². The van der Waals surface area contributed by atoms with E-state index in [1.807, 2.05) is 6.07 Å². The average Bonchev–Trinajstić information content (AvgIpc) is 2.83. The van der Waals surface area contributed by atoms with Crippen molar-refractivity contribution < 1.29 is 14.1 Å². The Bertz CT molecular complexity index is 637. The molecule has 0 saturated carbocycles. The van der Waals surface area contributed by atoms with Crippen molar-refractivity contribution in [3.8, 4) is 0 Å². The molecule has 1 atom stereocenters. The number of hydrogen-bond donors (Lipinski definition) is 0. The lowest BCUT2D eigenvalue weighted by Crippen LogP contribution is -2.06. The van der Waals surface area contributed by atoms with Crippen molar-refractivity contribution in [3.05, 3.63) is 52.6 Å². The summed E-state index contributed by atoms with van der Waals surface area (Å²) in [6, 6.07) is 7.14. The lowest BCUT2D eigenvalue weighted by molar-refractivity contribution is -0.143. The van der Waals surface area contributed by atoms with Crippen LogP contribution in [0.25, 0.3) is 6.08 Å². The van der Waals surface area contributed by atoms with Gasteiger partial charge in [0.05, 0.1) is 0 Å². The van der Waals surface area contributed by atoms with E-state index in [1.165, 1.54) is 6.08 Å². The van der Waals surface area contributed by atoms with Gasteiger partial charge in [0, 0.05) is 11.1 Å². The number of nitrogens with zero attached hydrogens (tertiary/aromatic N) is 2. The number of benzene rings is 1. The van der Waals surface area contributed by atoms with Crippen molar-refractivity contribution in [2.75, 3.05) is 0 Å². The first kappa shape index (κ1) is 14.3. The number of esters is 1. The third kappa shape index (κ3) is 3.93. The number of rotatable bonds is 4. The number of halogens is 1. The van der Waals surface area contributed by atoms with Gasteiger partial charge in [-0.3, -0.25) is 0 Å². The first-order valence-corrected chi connectivity index (χ1v) is 6.37. The van der Waals surface area contributed by atoms with Gasteiger partial charge in [0.15, 0.2) is 11.9 Å². The highest BCUT2D eigenvalue weighted by molar-refractivity contribution is 6.30. The molecule has 5 nitrogen and oxygen atoms in total. The standard InChI is InChI=1S/C14H13ClN2O3/c1-9(14-16-10(2)17-20-14)19-13(18)7-6-11-4-3-5-12(15)8-11/h3-9H,1-2H3/b7-6+. The minimum absolute atomic E-state index is 0.270. The maximum Gasteiger partial charge on any atom is 0.331 e. The van der Waals surface area contributed by atoms with Gasteiger partial charge in [0.1, 0.15) is 0 Å². The maximum atomic E-state index is 11.7. The molecule has 0 amide bonds. The molecule has 0 aliphatic carbocycles. The van der Waals surface area contributed by atoms with E-state index in [9.17, 15) is 4.79 Å². The second kappa shape index (κ2) is 6.34. The topological polar surface area (TPSA) is 65.2 Å². The lowest BCUT2D eigenvalue weighted by atomic mass is 10.2. The largest absolute Gasteiger partial charge is 0.449 e. The summed E-state index contributed by atoms with van der Waals surface area (Å²) in [5, 5.41) is 4.24. The second-order valence-electron chi connectivity index (χ2n) is 4.15. The molecule has 2 rings (SSSR count). The Kier molecular flexibility index (Phi) is 4.53. The summed E-state index contributed by atoms with van der Waals surface area (Å²) in [5.41, 5.74) is 0.815. The minimum Gasteiger partial charge on any atom is -0.449 e. The second-order valence-corrected chi connectivity index (χ2v) is 4.58. The van der Waals surface area contributed by atoms with E-state index in [0.717, 1.165) is 5.56 Å². The van der Waals surface area contributed by atoms with E-state index >= 15 is 0 Å². The summed E-state index contributed by atoms with van der Waals surface area (Å²) in [5.74, 6) is 0.276. The van der Waals surface area contributed by atoms with Crippen LogP contribution in [-0.4, -0.2) is 16.1 Å². The Morgan fingerprint density at radius 1 is 1.50 bits per heavy atom. The predicted octanol–water partition coefficient (Wildman–Crippen LogP) is 3.35. The molecule has 0 fully saturated rings. The zero-order valence-corrected chi connectivity index (χ0v) is 11.8. The molecule has 1 heterocycles. The van der Waals surface area contributed by atoms with Gasteiger partial charge in [-0.1, -0.05) is 28.9 Å². The van der Waals surface area contributed by atoms with Gasteiger partial charge in [-0.15, -0.1) is 0 Å². The molecule has 0 N–H and O–H groups in total. The van der Waals surface area contributed by atoms with E-state index in [1.54, 1.807) is 38.1 Å². The Balaban J connectivity index is 1.95. The number of aromatic nitrogens is 2. The van der Waals surface area contributed by atoms with E-state index in [0.29, 0.717) is 10.8 Å². The Labute approximate surface area is 121 Å². The van der Waals surface area contributed by atoms with Gasteiger partial charge in [-0.25, -0.2) is 4.79 Å². The van der Waals surface area contributed by atoms with Gasteiger partial charge in [-0.2, -0.15) is 4.98 Å². The molecule has 2 aromatic rings. The first-order valence-electron chi connectivity index (χ1n) is 5.99.